The number of nitrogen functional groups attached to an aromatic ring is 1. The highest BCUT2D eigenvalue weighted by Gasteiger charge is 2.18. The number of nitrogens with two attached hydrogens (primary N) is 1. The van der Waals surface area contributed by atoms with Crippen molar-refractivity contribution in [1.82, 2.24) is 24.7 Å². The molecule has 1 aliphatic rings. The molecule has 0 amide bonds. The first-order valence-corrected chi connectivity index (χ1v) is 10.0. The van der Waals surface area contributed by atoms with Crippen LogP contribution in [0.2, 0.25) is 0 Å². The van der Waals surface area contributed by atoms with E-state index in [2.05, 4.69) is 60.8 Å². The molecule has 0 saturated carbocycles. The number of hydrogen-bond acceptors (Lipinski definition) is 6. The van der Waals surface area contributed by atoms with Crippen LogP contribution in [0.4, 0.5) is 11.6 Å². The zero-order valence-corrected chi connectivity index (χ0v) is 16.8. The molecular weight excluding hydrogens is 453 g/mol. The normalized spacial score (nSPS) is 14.5. The van der Waals surface area contributed by atoms with Crippen molar-refractivity contribution < 1.29 is 0 Å². The average Bonchev–Trinajstić information content (AvgIpc) is 3.31. The second-order valence-corrected chi connectivity index (χ2v) is 7.78. The minimum atomic E-state index is 0.466. The molecule has 0 bridgehead atoms. The number of pyridine rings is 1. The number of fused-ring (bicyclic) bond motifs is 2. The number of halogens is 1. The molecule has 0 atom stereocenters. The van der Waals surface area contributed by atoms with Gasteiger partial charge in [0.2, 0.25) is 0 Å². The van der Waals surface area contributed by atoms with Gasteiger partial charge in [-0.3, -0.25) is 0 Å². The molecule has 2 N–H and O–H groups in total. The number of nitrogens with zero attached hydrogens (tertiary/aromatic N) is 6. The summed E-state index contributed by atoms with van der Waals surface area (Å²) >= 11 is 2.19. The first-order chi connectivity index (χ1) is 13.2. The van der Waals surface area contributed by atoms with E-state index < -0.39 is 0 Å². The number of para-hydroxylation sites is 1. The number of rotatable bonds is 3. The average molecular weight is 471 g/mol. The molecule has 1 fully saturated rings. The van der Waals surface area contributed by atoms with Gasteiger partial charge >= 0.3 is 0 Å². The molecule has 4 aromatic rings. The quantitative estimate of drug-likeness (QED) is 0.462. The van der Waals surface area contributed by atoms with Gasteiger partial charge in [0.25, 0.3) is 0 Å². The Labute approximate surface area is 169 Å². The van der Waals surface area contributed by atoms with Gasteiger partial charge in [-0.15, -0.1) is 0 Å². The maximum Gasteiger partial charge on any atom is 0.164 e. The van der Waals surface area contributed by atoms with Crippen molar-refractivity contribution in [1.29, 1.82) is 0 Å². The second kappa shape index (κ2) is 6.59. The lowest BCUT2D eigenvalue weighted by Crippen LogP contribution is -2.19. The van der Waals surface area contributed by atoms with Crippen molar-refractivity contribution >= 4 is 56.2 Å². The second-order valence-electron chi connectivity index (χ2n) is 6.76. The van der Waals surface area contributed by atoms with Crippen LogP contribution < -0.4 is 10.6 Å². The SMILES string of the molecule is Nc1ncnc2c1c(I)nn2Cc1cc(N2CCCC2)nc2ccccc12. The Morgan fingerprint density at radius 1 is 1.11 bits per heavy atom. The number of anilines is 2. The Bertz CT molecular complexity index is 1150. The number of benzene rings is 1. The molecule has 5 rings (SSSR count). The van der Waals surface area contributed by atoms with Crippen LogP contribution in [-0.2, 0) is 6.54 Å². The van der Waals surface area contributed by atoms with E-state index in [0.29, 0.717) is 12.4 Å². The van der Waals surface area contributed by atoms with E-state index in [4.69, 9.17) is 10.7 Å². The monoisotopic (exact) mass is 471 g/mol. The largest absolute Gasteiger partial charge is 0.383 e. The van der Waals surface area contributed by atoms with Gasteiger partial charge in [-0.05, 0) is 53.1 Å². The van der Waals surface area contributed by atoms with Gasteiger partial charge in [0.05, 0.1) is 17.4 Å². The Balaban J connectivity index is 1.65. The summed E-state index contributed by atoms with van der Waals surface area (Å²) in [5, 5.41) is 6.62. The van der Waals surface area contributed by atoms with Crippen molar-refractivity contribution in [2.24, 2.45) is 0 Å². The van der Waals surface area contributed by atoms with Gasteiger partial charge in [-0.2, -0.15) is 5.10 Å². The van der Waals surface area contributed by atoms with Crippen molar-refractivity contribution in [2.75, 3.05) is 23.7 Å². The van der Waals surface area contributed by atoms with Gasteiger partial charge in [0.15, 0.2) is 5.65 Å². The zero-order chi connectivity index (χ0) is 18.4. The minimum absolute atomic E-state index is 0.466. The Hall–Kier alpha value is -2.49. The highest BCUT2D eigenvalue weighted by atomic mass is 127. The fourth-order valence-electron chi connectivity index (χ4n) is 3.73. The first-order valence-electron chi connectivity index (χ1n) is 8.97. The lowest BCUT2D eigenvalue weighted by atomic mass is 10.1. The summed E-state index contributed by atoms with van der Waals surface area (Å²) in [6.07, 6.45) is 3.94. The number of aromatic nitrogens is 5. The highest BCUT2D eigenvalue weighted by molar-refractivity contribution is 14.1. The van der Waals surface area contributed by atoms with Crippen LogP contribution in [0.25, 0.3) is 21.9 Å². The summed E-state index contributed by atoms with van der Waals surface area (Å²) < 4.78 is 2.73. The minimum Gasteiger partial charge on any atom is -0.383 e. The molecule has 136 valence electrons. The predicted molar refractivity (Wildman–Crippen MR) is 115 cm³/mol. The van der Waals surface area contributed by atoms with E-state index in [1.54, 1.807) is 0 Å². The topological polar surface area (TPSA) is 85.8 Å². The molecule has 1 saturated heterocycles. The summed E-state index contributed by atoms with van der Waals surface area (Å²) in [7, 11) is 0. The highest BCUT2D eigenvalue weighted by Crippen LogP contribution is 2.28. The smallest absolute Gasteiger partial charge is 0.164 e. The number of hydrogen-bond donors (Lipinski definition) is 1. The van der Waals surface area contributed by atoms with E-state index in [-0.39, 0.29) is 0 Å². The molecule has 27 heavy (non-hydrogen) atoms. The predicted octanol–water partition coefficient (Wildman–Crippen LogP) is 3.21. The lowest BCUT2D eigenvalue weighted by molar-refractivity contribution is 0.700. The Morgan fingerprint density at radius 3 is 2.78 bits per heavy atom. The fraction of sp³-hybridized carbons (Fsp3) is 0.263. The van der Waals surface area contributed by atoms with Crippen LogP contribution in [0.3, 0.4) is 0 Å². The summed E-state index contributed by atoms with van der Waals surface area (Å²) in [5.74, 6) is 1.51. The first kappa shape index (κ1) is 16.7. The van der Waals surface area contributed by atoms with E-state index in [1.807, 2.05) is 16.8 Å². The van der Waals surface area contributed by atoms with Crippen LogP contribution in [0.15, 0.2) is 36.7 Å². The van der Waals surface area contributed by atoms with Crippen LogP contribution in [0.5, 0.6) is 0 Å². The van der Waals surface area contributed by atoms with Gasteiger partial charge in [0.1, 0.15) is 21.7 Å². The van der Waals surface area contributed by atoms with Crippen LogP contribution >= 0.6 is 22.6 Å². The summed E-state index contributed by atoms with van der Waals surface area (Å²) in [4.78, 5) is 15.8. The third kappa shape index (κ3) is 2.88. The van der Waals surface area contributed by atoms with Crippen LogP contribution in [0.1, 0.15) is 18.4 Å². The zero-order valence-electron chi connectivity index (χ0n) is 14.6. The van der Waals surface area contributed by atoms with E-state index in [9.17, 15) is 0 Å². The molecule has 0 aliphatic carbocycles. The van der Waals surface area contributed by atoms with Gasteiger partial charge in [0, 0.05) is 18.5 Å². The van der Waals surface area contributed by atoms with Crippen LogP contribution in [0, 0.1) is 3.70 Å². The molecule has 1 aromatic carbocycles. The van der Waals surface area contributed by atoms with Crippen LogP contribution in [-0.4, -0.2) is 37.8 Å². The molecular formula is C19H18IN7. The summed E-state index contributed by atoms with van der Waals surface area (Å²) in [6, 6.07) is 10.5. The third-order valence-corrected chi connectivity index (χ3v) is 5.81. The standard InChI is InChI=1S/C19H18IN7/c20-17-16-18(21)22-11-23-19(16)27(25-17)10-12-9-15(26-7-3-4-8-26)24-14-6-2-1-5-13(12)14/h1-2,5-6,9,11H,3-4,7-8,10H2,(H2,21,22,23). The molecule has 0 radical (unpaired) electrons. The van der Waals surface area contributed by atoms with Crippen molar-refractivity contribution in [3.05, 3.63) is 45.9 Å². The molecule has 1 aliphatic heterocycles. The maximum absolute atomic E-state index is 6.04. The van der Waals surface area contributed by atoms with E-state index in [1.165, 1.54) is 24.7 Å². The van der Waals surface area contributed by atoms with Gasteiger partial charge in [-0.1, -0.05) is 18.2 Å². The van der Waals surface area contributed by atoms with Gasteiger partial charge < -0.3 is 10.6 Å². The molecule has 7 nitrogen and oxygen atoms in total. The van der Waals surface area contributed by atoms with Crippen molar-refractivity contribution in [3.8, 4) is 0 Å². The fourth-order valence-corrected chi connectivity index (χ4v) is 4.51. The Kier molecular flexibility index (Phi) is 4.07. The third-order valence-electron chi connectivity index (χ3n) is 5.05. The summed E-state index contributed by atoms with van der Waals surface area (Å²) in [6.45, 7) is 2.74. The maximum atomic E-state index is 6.04. The molecule has 8 heteroatoms. The van der Waals surface area contributed by atoms with E-state index >= 15 is 0 Å². The molecule has 4 heterocycles. The lowest BCUT2D eigenvalue weighted by Gasteiger charge is -2.19. The van der Waals surface area contributed by atoms with Crippen molar-refractivity contribution in [2.45, 2.75) is 19.4 Å². The summed E-state index contributed by atoms with van der Waals surface area (Å²) in [5.41, 5.74) is 8.99. The van der Waals surface area contributed by atoms with E-state index in [0.717, 1.165) is 44.5 Å². The molecule has 3 aromatic heterocycles. The van der Waals surface area contributed by atoms with Gasteiger partial charge in [-0.25, -0.2) is 19.6 Å². The molecule has 0 unspecified atom stereocenters. The Morgan fingerprint density at radius 2 is 1.93 bits per heavy atom. The molecule has 0 spiro atoms. The van der Waals surface area contributed by atoms with Crippen molar-refractivity contribution in [3.63, 3.8) is 0 Å².